The van der Waals surface area contributed by atoms with Crippen molar-refractivity contribution in [1.82, 2.24) is 0 Å². The maximum Gasteiger partial charge on any atom is 0.118 e. The molecule has 0 saturated heterocycles. The van der Waals surface area contributed by atoms with Crippen LogP contribution in [0.5, 0.6) is 5.75 Å². The van der Waals surface area contributed by atoms with Gasteiger partial charge in [0.25, 0.3) is 0 Å². The maximum atomic E-state index is 8.77. The number of aliphatic hydroxyl groups is 1. The molecule has 19 heavy (non-hydrogen) atoms. The van der Waals surface area contributed by atoms with E-state index in [9.17, 15) is 0 Å². The molecule has 0 radical (unpaired) electrons. The van der Waals surface area contributed by atoms with Gasteiger partial charge in [-0.25, -0.2) is 0 Å². The summed E-state index contributed by atoms with van der Waals surface area (Å²) in [6.45, 7) is 3.20. The molecule has 0 aliphatic rings. The third-order valence-corrected chi connectivity index (χ3v) is 3.29. The second-order valence-corrected chi connectivity index (χ2v) is 4.93. The molecule has 1 rings (SSSR count). The highest BCUT2D eigenvalue weighted by atomic mass is 16.5. The Morgan fingerprint density at radius 2 is 1.95 bits per heavy atom. The Balaban J connectivity index is 2.46. The highest BCUT2D eigenvalue weighted by Crippen LogP contribution is 2.19. The summed E-state index contributed by atoms with van der Waals surface area (Å²) < 4.78 is 10.9. The van der Waals surface area contributed by atoms with Crippen LogP contribution in [0.4, 0.5) is 0 Å². The molecule has 0 aliphatic carbocycles. The Hall–Kier alpha value is -1.10. The normalized spacial score (nSPS) is 14.1. The molecule has 1 atom stereocenters. The standard InChI is InChI=1S/C15H25NO3/c1-15(12-16,19-11-3-10-17)9-8-13-4-6-14(18-2)7-5-13/h4-7,17H,3,8-12,16H2,1-2H3. The van der Waals surface area contributed by atoms with Crippen molar-refractivity contribution in [1.29, 1.82) is 0 Å². The van der Waals surface area contributed by atoms with Crippen LogP contribution in [-0.4, -0.2) is 37.6 Å². The van der Waals surface area contributed by atoms with Crippen molar-refractivity contribution in [2.75, 3.05) is 26.9 Å². The predicted octanol–water partition coefficient (Wildman–Crippen LogP) is 1.74. The van der Waals surface area contributed by atoms with Crippen LogP contribution in [0.15, 0.2) is 24.3 Å². The molecule has 108 valence electrons. The molecular weight excluding hydrogens is 242 g/mol. The Labute approximate surface area is 115 Å². The average Bonchev–Trinajstić information content (AvgIpc) is 2.46. The van der Waals surface area contributed by atoms with E-state index in [2.05, 4.69) is 12.1 Å². The van der Waals surface area contributed by atoms with E-state index >= 15 is 0 Å². The van der Waals surface area contributed by atoms with E-state index in [-0.39, 0.29) is 12.2 Å². The predicted molar refractivity (Wildman–Crippen MR) is 76.4 cm³/mol. The van der Waals surface area contributed by atoms with Crippen molar-refractivity contribution in [3.63, 3.8) is 0 Å². The first-order valence-electron chi connectivity index (χ1n) is 6.71. The van der Waals surface area contributed by atoms with Gasteiger partial charge in [0.1, 0.15) is 5.75 Å². The topological polar surface area (TPSA) is 64.7 Å². The van der Waals surface area contributed by atoms with Crippen molar-refractivity contribution in [3.8, 4) is 5.75 Å². The van der Waals surface area contributed by atoms with Gasteiger partial charge in [-0.1, -0.05) is 12.1 Å². The lowest BCUT2D eigenvalue weighted by molar-refractivity contribution is -0.0351. The second-order valence-electron chi connectivity index (χ2n) is 4.93. The van der Waals surface area contributed by atoms with Crippen LogP contribution in [0.25, 0.3) is 0 Å². The fraction of sp³-hybridized carbons (Fsp3) is 0.600. The molecule has 0 aliphatic heterocycles. The molecule has 0 aromatic heterocycles. The lowest BCUT2D eigenvalue weighted by Gasteiger charge is -2.28. The number of aryl methyl sites for hydroxylation is 1. The molecule has 3 N–H and O–H groups in total. The Kier molecular flexibility index (Phi) is 6.84. The van der Waals surface area contributed by atoms with E-state index in [1.165, 1.54) is 5.56 Å². The third kappa shape index (κ3) is 5.59. The van der Waals surface area contributed by atoms with Gasteiger partial charge in [-0.15, -0.1) is 0 Å². The highest BCUT2D eigenvalue weighted by molar-refractivity contribution is 5.27. The molecule has 0 saturated carbocycles. The molecular formula is C15H25NO3. The molecule has 4 heteroatoms. The Morgan fingerprint density at radius 3 is 2.47 bits per heavy atom. The van der Waals surface area contributed by atoms with Gasteiger partial charge in [-0.2, -0.15) is 0 Å². The van der Waals surface area contributed by atoms with Crippen molar-refractivity contribution in [2.45, 2.75) is 31.8 Å². The van der Waals surface area contributed by atoms with Gasteiger partial charge in [0, 0.05) is 19.8 Å². The number of nitrogens with two attached hydrogens (primary N) is 1. The minimum absolute atomic E-state index is 0.152. The highest BCUT2D eigenvalue weighted by Gasteiger charge is 2.22. The molecule has 0 heterocycles. The van der Waals surface area contributed by atoms with Gasteiger partial charge >= 0.3 is 0 Å². The van der Waals surface area contributed by atoms with E-state index in [1.54, 1.807) is 7.11 Å². The summed E-state index contributed by atoms with van der Waals surface area (Å²) in [5, 5.41) is 8.77. The fourth-order valence-corrected chi connectivity index (χ4v) is 1.82. The summed E-state index contributed by atoms with van der Waals surface area (Å²) >= 11 is 0. The third-order valence-electron chi connectivity index (χ3n) is 3.29. The lowest BCUT2D eigenvalue weighted by Crippen LogP contribution is -2.38. The zero-order chi connectivity index (χ0) is 14.1. The minimum atomic E-state index is -0.324. The summed E-state index contributed by atoms with van der Waals surface area (Å²) in [4.78, 5) is 0. The molecule has 0 fully saturated rings. The van der Waals surface area contributed by atoms with E-state index < -0.39 is 0 Å². The second kappa shape index (κ2) is 8.15. The number of ether oxygens (including phenoxy) is 2. The monoisotopic (exact) mass is 267 g/mol. The SMILES string of the molecule is COc1ccc(CCC(C)(CN)OCCCO)cc1. The summed E-state index contributed by atoms with van der Waals surface area (Å²) in [5.41, 5.74) is 6.71. The number of methoxy groups -OCH3 is 1. The smallest absolute Gasteiger partial charge is 0.118 e. The zero-order valence-electron chi connectivity index (χ0n) is 11.9. The Morgan fingerprint density at radius 1 is 1.26 bits per heavy atom. The summed E-state index contributed by atoms with van der Waals surface area (Å²) in [5.74, 6) is 0.865. The molecule has 0 amide bonds. The zero-order valence-corrected chi connectivity index (χ0v) is 11.9. The van der Waals surface area contributed by atoms with E-state index in [4.69, 9.17) is 20.3 Å². The minimum Gasteiger partial charge on any atom is -0.497 e. The van der Waals surface area contributed by atoms with Crippen LogP contribution in [0.3, 0.4) is 0 Å². The van der Waals surface area contributed by atoms with E-state index in [1.807, 2.05) is 19.1 Å². The number of aliphatic hydroxyl groups excluding tert-OH is 1. The number of hydrogen-bond donors (Lipinski definition) is 2. The number of benzene rings is 1. The number of hydrogen-bond acceptors (Lipinski definition) is 4. The molecule has 1 aromatic carbocycles. The van der Waals surface area contributed by atoms with Crippen LogP contribution in [-0.2, 0) is 11.2 Å². The largest absolute Gasteiger partial charge is 0.497 e. The molecule has 4 nitrogen and oxygen atoms in total. The van der Waals surface area contributed by atoms with E-state index in [0.29, 0.717) is 19.6 Å². The van der Waals surface area contributed by atoms with Gasteiger partial charge in [-0.3, -0.25) is 0 Å². The van der Waals surface area contributed by atoms with Crippen molar-refractivity contribution < 1.29 is 14.6 Å². The van der Waals surface area contributed by atoms with Crippen LogP contribution < -0.4 is 10.5 Å². The molecule has 0 bridgehead atoms. The van der Waals surface area contributed by atoms with Crippen LogP contribution >= 0.6 is 0 Å². The van der Waals surface area contributed by atoms with Crippen molar-refractivity contribution >= 4 is 0 Å². The van der Waals surface area contributed by atoms with Gasteiger partial charge < -0.3 is 20.3 Å². The molecule has 1 unspecified atom stereocenters. The first-order chi connectivity index (χ1) is 9.13. The summed E-state index contributed by atoms with van der Waals surface area (Å²) in [7, 11) is 1.66. The average molecular weight is 267 g/mol. The van der Waals surface area contributed by atoms with E-state index in [0.717, 1.165) is 18.6 Å². The fourth-order valence-electron chi connectivity index (χ4n) is 1.82. The first kappa shape index (κ1) is 16.0. The van der Waals surface area contributed by atoms with Crippen LogP contribution in [0, 0.1) is 0 Å². The van der Waals surface area contributed by atoms with Crippen molar-refractivity contribution in [2.24, 2.45) is 5.73 Å². The van der Waals surface area contributed by atoms with Crippen LogP contribution in [0.1, 0.15) is 25.3 Å². The Bertz CT molecular complexity index is 353. The summed E-state index contributed by atoms with van der Waals surface area (Å²) in [6, 6.07) is 8.04. The van der Waals surface area contributed by atoms with Crippen molar-refractivity contribution in [3.05, 3.63) is 29.8 Å². The van der Waals surface area contributed by atoms with Gasteiger partial charge in [0.15, 0.2) is 0 Å². The van der Waals surface area contributed by atoms with Crippen LogP contribution in [0.2, 0.25) is 0 Å². The van der Waals surface area contributed by atoms with Gasteiger partial charge in [-0.05, 0) is 43.9 Å². The lowest BCUT2D eigenvalue weighted by atomic mass is 9.96. The first-order valence-corrected chi connectivity index (χ1v) is 6.71. The maximum absolute atomic E-state index is 8.77. The summed E-state index contributed by atoms with van der Waals surface area (Å²) in [6.07, 6.45) is 2.43. The molecule has 1 aromatic rings. The number of rotatable bonds is 9. The van der Waals surface area contributed by atoms with Gasteiger partial charge in [0.2, 0.25) is 0 Å². The van der Waals surface area contributed by atoms with Gasteiger partial charge in [0.05, 0.1) is 12.7 Å². The quantitative estimate of drug-likeness (QED) is 0.669. The molecule has 0 spiro atoms.